The van der Waals surface area contributed by atoms with Gasteiger partial charge in [-0.15, -0.1) is 5.10 Å². The van der Waals surface area contributed by atoms with Crippen LogP contribution in [0.5, 0.6) is 0 Å². The number of amides is 1. The summed E-state index contributed by atoms with van der Waals surface area (Å²) in [5, 5.41) is 6.77. The van der Waals surface area contributed by atoms with Crippen LogP contribution in [0.15, 0.2) is 35.1 Å². The Labute approximate surface area is 151 Å². The van der Waals surface area contributed by atoms with Crippen molar-refractivity contribution < 1.29 is 13.9 Å². The molecule has 25 heavy (non-hydrogen) atoms. The zero-order valence-electron chi connectivity index (χ0n) is 13.7. The van der Waals surface area contributed by atoms with Crippen LogP contribution in [0.2, 0.25) is 0 Å². The molecular weight excluding hydrogens is 393 g/mol. The fourth-order valence-corrected chi connectivity index (χ4v) is 2.34. The molecule has 0 saturated heterocycles. The van der Waals surface area contributed by atoms with Crippen molar-refractivity contribution in [2.45, 2.75) is 26.4 Å². The Morgan fingerprint density at radius 3 is 2.76 bits per heavy atom. The molecule has 130 valence electrons. The van der Waals surface area contributed by atoms with Gasteiger partial charge in [-0.2, -0.15) is 4.98 Å². The Balaban J connectivity index is 1.92. The van der Waals surface area contributed by atoms with Gasteiger partial charge in [-0.3, -0.25) is 5.32 Å². The molecule has 0 aliphatic heterocycles. The molecule has 3 aromatic rings. The van der Waals surface area contributed by atoms with E-state index in [0.29, 0.717) is 16.1 Å². The first-order valence-corrected chi connectivity index (χ1v) is 8.19. The molecule has 0 saturated carbocycles. The van der Waals surface area contributed by atoms with E-state index < -0.39 is 17.5 Å². The molecule has 0 atom stereocenters. The van der Waals surface area contributed by atoms with E-state index in [1.807, 2.05) is 0 Å². The lowest BCUT2D eigenvalue weighted by molar-refractivity contribution is 0.0636. The molecule has 7 nitrogen and oxygen atoms in total. The van der Waals surface area contributed by atoms with Gasteiger partial charge in [-0.25, -0.2) is 18.7 Å². The lowest BCUT2D eigenvalue weighted by Crippen LogP contribution is -2.27. The van der Waals surface area contributed by atoms with E-state index >= 15 is 0 Å². The summed E-state index contributed by atoms with van der Waals surface area (Å²) in [4.78, 5) is 20.2. The molecule has 1 N–H and O–H groups in total. The second-order valence-corrected chi connectivity index (χ2v) is 7.06. The number of anilines is 1. The first kappa shape index (κ1) is 17.3. The summed E-state index contributed by atoms with van der Waals surface area (Å²) in [7, 11) is 0. The number of fused-ring (bicyclic) bond motifs is 1. The van der Waals surface area contributed by atoms with E-state index in [1.165, 1.54) is 22.7 Å². The number of nitrogens with one attached hydrogen (secondary N) is 1. The third-order valence-corrected chi connectivity index (χ3v) is 3.47. The predicted octanol–water partition coefficient (Wildman–Crippen LogP) is 4.04. The maximum atomic E-state index is 14.2. The average molecular weight is 408 g/mol. The second kappa shape index (κ2) is 6.40. The van der Waals surface area contributed by atoms with Crippen LogP contribution >= 0.6 is 15.9 Å². The van der Waals surface area contributed by atoms with Gasteiger partial charge >= 0.3 is 6.09 Å². The summed E-state index contributed by atoms with van der Waals surface area (Å²) in [6.45, 7) is 5.27. The van der Waals surface area contributed by atoms with Crippen LogP contribution in [-0.2, 0) is 4.74 Å². The summed E-state index contributed by atoms with van der Waals surface area (Å²) in [6.07, 6.45) is 1.03. The molecule has 0 aliphatic carbocycles. The summed E-state index contributed by atoms with van der Waals surface area (Å²) in [5.41, 5.74) is -0.108. The number of ether oxygens (including phenoxy) is 1. The maximum absolute atomic E-state index is 14.2. The smallest absolute Gasteiger partial charge is 0.412 e. The number of rotatable bonds is 2. The number of hydrogen-bond donors (Lipinski definition) is 1. The highest BCUT2D eigenvalue weighted by atomic mass is 79.9. The summed E-state index contributed by atoms with van der Waals surface area (Å²) < 4.78 is 21.4. The van der Waals surface area contributed by atoms with Gasteiger partial charge in [0.2, 0.25) is 0 Å². The summed E-state index contributed by atoms with van der Waals surface area (Å²) in [5.74, 6) is -0.0186. The van der Waals surface area contributed by atoms with Crippen molar-refractivity contribution in [3.8, 4) is 11.4 Å². The molecule has 1 aromatic carbocycles. The molecule has 0 aliphatic rings. The molecule has 0 spiro atoms. The lowest BCUT2D eigenvalue weighted by Gasteiger charge is -2.19. The highest BCUT2D eigenvalue weighted by Gasteiger charge is 2.18. The topological polar surface area (TPSA) is 81.4 Å². The van der Waals surface area contributed by atoms with Gasteiger partial charge in [0, 0.05) is 11.9 Å². The van der Waals surface area contributed by atoms with E-state index in [9.17, 15) is 9.18 Å². The Morgan fingerprint density at radius 2 is 2.04 bits per heavy atom. The molecule has 3 rings (SSSR count). The highest BCUT2D eigenvalue weighted by molar-refractivity contribution is 9.10. The molecule has 0 unspecified atom stereocenters. The maximum Gasteiger partial charge on any atom is 0.412 e. The Kier molecular flexibility index (Phi) is 4.42. The van der Waals surface area contributed by atoms with Crippen molar-refractivity contribution in [1.82, 2.24) is 19.6 Å². The second-order valence-electron chi connectivity index (χ2n) is 6.25. The Bertz CT molecular complexity index is 951. The van der Waals surface area contributed by atoms with E-state index in [0.717, 1.165) is 0 Å². The van der Waals surface area contributed by atoms with Gasteiger partial charge in [0.05, 0.1) is 5.56 Å². The number of aromatic nitrogens is 4. The molecule has 0 bridgehead atoms. The number of benzene rings is 1. The van der Waals surface area contributed by atoms with Crippen LogP contribution in [0.3, 0.4) is 0 Å². The van der Waals surface area contributed by atoms with E-state index in [4.69, 9.17) is 4.74 Å². The average Bonchev–Trinajstić information content (AvgIpc) is 2.90. The van der Waals surface area contributed by atoms with Gasteiger partial charge in [0.25, 0.3) is 5.78 Å². The monoisotopic (exact) mass is 407 g/mol. The van der Waals surface area contributed by atoms with Gasteiger partial charge < -0.3 is 4.74 Å². The minimum absolute atomic E-state index is 0.148. The molecule has 1 amide bonds. The molecule has 9 heteroatoms. The van der Waals surface area contributed by atoms with Crippen LogP contribution < -0.4 is 5.32 Å². The fourth-order valence-electron chi connectivity index (χ4n) is 2.07. The van der Waals surface area contributed by atoms with Crippen molar-refractivity contribution in [2.75, 3.05) is 5.32 Å². The predicted molar refractivity (Wildman–Crippen MR) is 93.7 cm³/mol. The van der Waals surface area contributed by atoms with Crippen LogP contribution in [0.1, 0.15) is 20.8 Å². The first-order valence-electron chi connectivity index (χ1n) is 7.40. The summed E-state index contributed by atoms with van der Waals surface area (Å²) in [6, 6.07) is 5.82. The van der Waals surface area contributed by atoms with Gasteiger partial charge in [0.1, 0.15) is 16.0 Å². The van der Waals surface area contributed by atoms with Crippen LogP contribution in [0.4, 0.5) is 14.9 Å². The third kappa shape index (κ3) is 4.11. The van der Waals surface area contributed by atoms with Crippen molar-refractivity contribution in [3.63, 3.8) is 0 Å². The standard InChI is InChI=1S/C16H15BrFN5O2/c1-16(2,3)25-15(24)19-9-4-5-11(18)10(8-9)13-21-14-20-12(17)6-7-23(14)22-13/h4-8H,1-3H3,(H,19,24). The van der Waals surface area contributed by atoms with E-state index in [1.54, 1.807) is 33.0 Å². The summed E-state index contributed by atoms with van der Waals surface area (Å²) >= 11 is 3.25. The molecule has 2 aromatic heterocycles. The van der Waals surface area contributed by atoms with Gasteiger partial charge in [0.15, 0.2) is 5.82 Å². The van der Waals surface area contributed by atoms with E-state index in [2.05, 4.69) is 36.3 Å². The molecular formula is C16H15BrFN5O2. The van der Waals surface area contributed by atoms with Crippen LogP contribution in [0.25, 0.3) is 17.2 Å². The zero-order chi connectivity index (χ0) is 18.2. The number of nitrogens with zero attached hydrogens (tertiary/aromatic N) is 4. The molecule has 2 heterocycles. The van der Waals surface area contributed by atoms with Crippen molar-refractivity contribution >= 4 is 33.5 Å². The minimum atomic E-state index is -0.630. The largest absolute Gasteiger partial charge is 0.444 e. The van der Waals surface area contributed by atoms with Gasteiger partial charge in [-0.1, -0.05) is 0 Å². The Morgan fingerprint density at radius 1 is 1.28 bits per heavy atom. The molecule has 0 fully saturated rings. The molecule has 0 radical (unpaired) electrons. The fraction of sp³-hybridized carbons (Fsp3) is 0.250. The number of carbonyl (C=O) groups excluding carboxylic acids is 1. The lowest BCUT2D eigenvalue weighted by atomic mass is 10.1. The number of hydrogen-bond acceptors (Lipinski definition) is 5. The van der Waals surface area contributed by atoms with Gasteiger partial charge in [-0.05, 0) is 61.0 Å². The zero-order valence-corrected chi connectivity index (χ0v) is 15.3. The first-order chi connectivity index (χ1) is 11.7. The van der Waals surface area contributed by atoms with Crippen molar-refractivity contribution in [3.05, 3.63) is 40.9 Å². The van der Waals surface area contributed by atoms with Crippen LogP contribution in [-0.4, -0.2) is 31.3 Å². The highest BCUT2D eigenvalue weighted by Crippen LogP contribution is 2.24. The number of carbonyl (C=O) groups is 1. The quantitative estimate of drug-likeness (QED) is 0.648. The van der Waals surface area contributed by atoms with Crippen molar-refractivity contribution in [1.29, 1.82) is 0 Å². The third-order valence-electron chi connectivity index (χ3n) is 3.03. The Hall–Kier alpha value is -2.55. The normalized spacial score (nSPS) is 11.6. The SMILES string of the molecule is CC(C)(C)OC(=O)Nc1ccc(F)c(-c2nc3nc(Br)ccn3n2)c1. The van der Waals surface area contributed by atoms with E-state index in [-0.39, 0.29) is 11.4 Å². The van der Waals surface area contributed by atoms with Crippen molar-refractivity contribution in [2.24, 2.45) is 0 Å². The minimum Gasteiger partial charge on any atom is -0.444 e. The number of halogens is 2. The van der Waals surface area contributed by atoms with Crippen LogP contribution in [0, 0.1) is 5.82 Å².